The first-order valence-electron chi connectivity index (χ1n) is 9.92. The smallest absolute Gasteiger partial charge is 0.0704 e. The lowest BCUT2D eigenvalue weighted by Gasteiger charge is -2.18. The van der Waals surface area contributed by atoms with Gasteiger partial charge in [-0.05, 0) is 71.8 Å². The van der Waals surface area contributed by atoms with Crippen LogP contribution >= 0.6 is 0 Å². The third-order valence-electron chi connectivity index (χ3n) is 5.26. The topological polar surface area (TPSA) is 17.8 Å². The molecule has 28 heavy (non-hydrogen) atoms. The van der Waals surface area contributed by atoms with Gasteiger partial charge in [-0.3, -0.25) is 4.98 Å². The second kappa shape index (κ2) is 6.94. The van der Waals surface area contributed by atoms with Gasteiger partial charge in [0.25, 0.3) is 0 Å². The highest BCUT2D eigenvalue weighted by atomic mass is 14.9. The molecule has 2 nitrogen and oxygen atoms in total. The minimum absolute atomic E-state index is 0.278. The Morgan fingerprint density at radius 1 is 0.857 bits per heavy atom. The average molecular weight is 369 g/mol. The summed E-state index contributed by atoms with van der Waals surface area (Å²) in [5, 5.41) is 1.30. The quantitative estimate of drug-likeness (QED) is 0.388. The zero-order valence-electron chi connectivity index (χ0n) is 17.5. The van der Waals surface area contributed by atoms with Crippen molar-refractivity contribution in [3.8, 4) is 22.4 Å². The predicted octanol–water partition coefficient (Wildman–Crippen LogP) is 6.80. The van der Waals surface area contributed by atoms with E-state index in [2.05, 4.69) is 98.9 Å². The summed E-state index contributed by atoms with van der Waals surface area (Å²) in [6, 6.07) is 22.0. The molecular weight excluding hydrogens is 340 g/mol. The Kier molecular flexibility index (Phi) is 4.58. The lowest BCUT2D eigenvalue weighted by Crippen LogP contribution is -2.11. The molecule has 0 N–H and O–H groups in total. The number of hydrogen-bond donors (Lipinski definition) is 0. The standard InChI is InChI=1S/C26H28N2/c1-18-11-12-27-24(13-18)21-8-6-7-19(14-21)20-9-10-25-22(15-20)16-23(28(25)5)17-26(2,3)4/h6-16H,17H2,1-5H3. The fourth-order valence-electron chi connectivity index (χ4n) is 3.85. The number of benzene rings is 2. The summed E-state index contributed by atoms with van der Waals surface area (Å²) >= 11 is 0. The number of pyridine rings is 1. The molecule has 0 bridgehead atoms. The lowest BCUT2D eigenvalue weighted by molar-refractivity contribution is 0.402. The third kappa shape index (κ3) is 3.73. The van der Waals surface area contributed by atoms with Crippen LogP contribution < -0.4 is 0 Å². The lowest BCUT2D eigenvalue weighted by atomic mass is 9.90. The Morgan fingerprint density at radius 2 is 1.61 bits per heavy atom. The van der Waals surface area contributed by atoms with E-state index in [9.17, 15) is 0 Å². The van der Waals surface area contributed by atoms with Crippen molar-refractivity contribution < 1.29 is 0 Å². The maximum atomic E-state index is 4.54. The van der Waals surface area contributed by atoms with E-state index in [0.29, 0.717) is 0 Å². The summed E-state index contributed by atoms with van der Waals surface area (Å²) in [6.45, 7) is 8.98. The van der Waals surface area contributed by atoms with Gasteiger partial charge in [0.1, 0.15) is 0 Å². The number of rotatable bonds is 3. The van der Waals surface area contributed by atoms with Gasteiger partial charge in [-0.2, -0.15) is 0 Å². The second-order valence-electron chi connectivity index (χ2n) is 9.00. The summed E-state index contributed by atoms with van der Waals surface area (Å²) in [4.78, 5) is 4.54. The Hall–Kier alpha value is -2.87. The van der Waals surface area contributed by atoms with Crippen molar-refractivity contribution in [1.29, 1.82) is 0 Å². The van der Waals surface area contributed by atoms with Gasteiger partial charge in [-0.25, -0.2) is 0 Å². The largest absolute Gasteiger partial charge is 0.348 e. The van der Waals surface area contributed by atoms with E-state index in [-0.39, 0.29) is 5.41 Å². The van der Waals surface area contributed by atoms with E-state index in [0.717, 1.165) is 17.7 Å². The van der Waals surface area contributed by atoms with Crippen LogP contribution in [0.3, 0.4) is 0 Å². The molecule has 2 aromatic carbocycles. The molecule has 0 aliphatic carbocycles. The van der Waals surface area contributed by atoms with E-state index in [4.69, 9.17) is 0 Å². The van der Waals surface area contributed by atoms with Crippen LogP contribution in [-0.2, 0) is 13.5 Å². The summed E-state index contributed by atoms with van der Waals surface area (Å²) in [6.07, 6.45) is 2.95. The molecule has 0 aliphatic heterocycles. The van der Waals surface area contributed by atoms with E-state index in [1.807, 2.05) is 12.3 Å². The van der Waals surface area contributed by atoms with Crippen LogP contribution in [0.4, 0.5) is 0 Å². The average Bonchev–Trinajstić information content (AvgIpc) is 2.95. The molecule has 0 spiro atoms. The number of aryl methyl sites for hydroxylation is 2. The molecular formula is C26H28N2. The summed E-state index contributed by atoms with van der Waals surface area (Å²) in [7, 11) is 2.17. The molecule has 0 aliphatic rings. The van der Waals surface area contributed by atoms with Crippen LogP contribution in [0.15, 0.2) is 66.9 Å². The molecule has 0 saturated heterocycles. The highest BCUT2D eigenvalue weighted by Crippen LogP contribution is 2.31. The minimum Gasteiger partial charge on any atom is -0.348 e. The van der Waals surface area contributed by atoms with Gasteiger partial charge in [0.15, 0.2) is 0 Å². The van der Waals surface area contributed by atoms with Crippen molar-refractivity contribution in [2.24, 2.45) is 12.5 Å². The third-order valence-corrected chi connectivity index (χ3v) is 5.26. The Morgan fingerprint density at radius 3 is 2.36 bits per heavy atom. The van der Waals surface area contributed by atoms with Crippen LogP contribution in [0.2, 0.25) is 0 Å². The van der Waals surface area contributed by atoms with Crippen molar-refractivity contribution in [2.75, 3.05) is 0 Å². The minimum atomic E-state index is 0.278. The summed E-state index contributed by atoms with van der Waals surface area (Å²) < 4.78 is 2.33. The van der Waals surface area contributed by atoms with Crippen molar-refractivity contribution in [2.45, 2.75) is 34.1 Å². The Labute approximate surface area is 167 Å². The molecule has 0 atom stereocenters. The van der Waals surface area contributed by atoms with Gasteiger partial charge in [0.05, 0.1) is 5.69 Å². The van der Waals surface area contributed by atoms with Crippen molar-refractivity contribution in [3.05, 3.63) is 78.1 Å². The van der Waals surface area contributed by atoms with Crippen LogP contribution in [0.5, 0.6) is 0 Å². The van der Waals surface area contributed by atoms with Crippen molar-refractivity contribution in [1.82, 2.24) is 9.55 Å². The molecule has 0 saturated carbocycles. The summed E-state index contributed by atoms with van der Waals surface area (Å²) in [5.41, 5.74) is 8.83. The second-order valence-corrected chi connectivity index (χ2v) is 9.00. The molecule has 2 aromatic heterocycles. The molecule has 4 rings (SSSR count). The van der Waals surface area contributed by atoms with Crippen molar-refractivity contribution >= 4 is 10.9 Å². The van der Waals surface area contributed by atoms with Gasteiger partial charge in [-0.15, -0.1) is 0 Å². The molecule has 0 amide bonds. The van der Waals surface area contributed by atoms with E-state index in [1.54, 1.807) is 0 Å². The van der Waals surface area contributed by atoms with E-state index in [1.165, 1.54) is 33.3 Å². The van der Waals surface area contributed by atoms with Gasteiger partial charge in [0, 0.05) is 35.4 Å². The molecule has 142 valence electrons. The molecule has 4 aromatic rings. The summed E-state index contributed by atoms with van der Waals surface area (Å²) in [5.74, 6) is 0. The molecule has 0 radical (unpaired) electrons. The first kappa shape index (κ1) is 18.5. The van der Waals surface area contributed by atoms with Crippen LogP contribution in [0.25, 0.3) is 33.3 Å². The van der Waals surface area contributed by atoms with Crippen LogP contribution in [0.1, 0.15) is 32.0 Å². The highest BCUT2D eigenvalue weighted by molar-refractivity contribution is 5.87. The van der Waals surface area contributed by atoms with Gasteiger partial charge in [-0.1, -0.05) is 45.0 Å². The highest BCUT2D eigenvalue weighted by Gasteiger charge is 2.15. The SMILES string of the molecule is Cc1ccnc(-c2cccc(-c3ccc4c(c3)cc(CC(C)(C)C)n4C)c2)c1. The normalized spacial score (nSPS) is 11.9. The number of aromatic nitrogens is 2. The molecule has 2 heterocycles. The first-order chi connectivity index (χ1) is 13.3. The Balaban J connectivity index is 1.74. The number of hydrogen-bond acceptors (Lipinski definition) is 1. The predicted molar refractivity (Wildman–Crippen MR) is 119 cm³/mol. The number of nitrogens with zero attached hydrogens (tertiary/aromatic N) is 2. The van der Waals surface area contributed by atoms with E-state index >= 15 is 0 Å². The zero-order valence-corrected chi connectivity index (χ0v) is 17.5. The number of fused-ring (bicyclic) bond motifs is 1. The monoisotopic (exact) mass is 368 g/mol. The van der Waals surface area contributed by atoms with Gasteiger partial charge in [0.2, 0.25) is 0 Å². The van der Waals surface area contributed by atoms with Gasteiger partial charge >= 0.3 is 0 Å². The fourth-order valence-corrected chi connectivity index (χ4v) is 3.85. The Bertz CT molecular complexity index is 1140. The zero-order chi connectivity index (χ0) is 19.9. The van der Waals surface area contributed by atoms with Crippen molar-refractivity contribution in [3.63, 3.8) is 0 Å². The molecule has 2 heteroatoms. The fraction of sp³-hybridized carbons (Fsp3) is 0.269. The maximum Gasteiger partial charge on any atom is 0.0704 e. The van der Waals surface area contributed by atoms with Crippen LogP contribution in [-0.4, -0.2) is 9.55 Å². The maximum absolute atomic E-state index is 4.54. The van der Waals surface area contributed by atoms with Gasteiger partial charge < -0.3 is 4.57 Å². The first-order valence-corrected chi connectivity index (χ1v) is 9.92. The molecule has 0 unspecified atom stereocenters. The van der Waals surface area contributed by atoms with Crippen LogP contribution in [0, 0.1) is 12.3 Å². The molecule has 0 fully saturated rings. The van der Waals surface area contributed by atoms with E-state index < -0.39 is 0 Å².